The molecule has 0 bridgehead atoms. The lowest BCUT2D eigenvalue weighted by molar-refractivity contribution is -0.145. The number of aryl methyl sites for hydroxylation is 1. The first kappa shape index (κ1) is 26.0. The van der Waals surface area contributed by atoms with Crippen molar-refractivity contribution in [1.29, 1.82) is 0 Å². The van der Waals surface area contributed by atoms with E-state index in [1.165, 1.54) is 0 Å². The van der Waals surface area contributed by atoms with E-state index in [1.54, 1.807) is 25.1 Å². The van der Waals surface area contributed by atoms with E-state index >= 15 is 0 Å². The van der Waals surface area contributed by atoms with Gasteiger partial charge in [0.15, 0.2) is 0 Å². The number of rotatable bonds is 4. The summed E-state index contributed by atoms with van der Waals surface area (Å²) in [6, 6.07) is 5.69. The molecule has 6 nitrogen and oxygen atoms in total. The Kier molecular flexibility index (Phi) is 6.20. The fourth-order valence-corrected chi connectivity index (χ4v) is 3.49. The largest absolute Gasteiger partial charge is 0.453 e. The molecule has 4 rings (SSSR count). The summed E-state index contributed by atoms with van der Waals surface area (Å²) in [6.45, 7) is 1.69. The number of nitrogen functional groups attached to an aromatic ring is 1. The highest BCUT2D eigenvalue weighted by molar-refractivity contribution is 5.70. The fourth-order valence-electron chi connectivity index (χ4n) is 3.49. The Morgan fingerprint density at radius 3 is 1.95 bits per heavy atom. The molecule has 196 valence electrons. The molecule has 0 radical (unpaired) electrons. The highest BCUT2D eigenvalue weighted by atomic mass is 19.4. The zero-order chi connectivity index (χ0) is 27.3. The molecule has 0 amide bonds. The second kappa shape index (κ2) is 8.81. The van der Waals surface area contributed by atoms with Crippen LogP contribution in [0.3, 0.4) is 0 Å². The van der Waals surface area contributed by atoms with E-state index in [4.69, 9.17) is 5.73 Å². The molecule has 0 saturated heterocycles. The molecule has 2 N–H and O–H groups in total. The molecule has 2 aromatic heterocycles. The Balaban J connectivity index is 1.91. The summed E-state index contributed by atoms with van der Waals surface area (Å²) in [5, 5.41) is 7.40. The molecule has 0 fully saturated rings. The van der Waals surface area contributed by atoms with Gasteiger partial charge in [-0.25, -0.2) is 9.67 Å². The van der Waals surface area contributed by atoms with Crippen LogP contribution in [0.4, 0.5) is 45.2 Å². The molecule has 2 heterocycles. The molecule has 0 atom stereocenters. The van der Waals surface area contributed by atoms with Gasteiger partial charge in [-0.15, -0.1) is 5.10 Å². The Morgan fingerprint density at radius 1 is 0.811 bits per heavy atom. The topological polar surface area (TPSA) is 74.5 Å². The highest BCUT2D eigenvalue weighted by Gasteiger charge is 2.38. The lowest BCUT2D eigenvalue weighted by Crippen LogP contribution is -2.11. The van der Waals surface area contributed by atoms with E-state index in [9.17, 15) is 39.5 Å². The monoisotopic (exact) mass is 534 g/mol. The van der Waals surface area contributed by atoms with Crippen LogP contribution >= 0.6 is 0 Å². The van der Waals surface area contributed by atoms with Crippen molar-refractivity contribution in [3.05, 3.63) is 77.0 Å². The van der Waals surface area contributed by atoms with Gasteiger partial charge in [0.2, 0.25) is 0 Å². The van der Waals surface area contributed by atoms with Crippen LogP contribution in [0.15, 0.2) is 48.9 Å². The quantitative estimate of drug-likeness (QED) is 0.253. The normalized spacial score (nSPS) is 12.8. The number of aromatic nitrogens is 5. The zero-order valence-electron chi connectivity index (χ0n) is 18.5. The van der Waals surface area contributed by atoms with E-state index in [0.29, 0.717) is 40.0 Å². The minimum Gasteiger partial charge on any atom is -0.399 e. The van der Waals surface area contributed by atoms with Crippen LogP contribution in [-0.4, -0.2) is 24.5 Å². The third-order valence-electron chi connectivity index (χ3n) is 5.27. The number of nitrogens with zero attached hydrogens (tertiary/aromatic N) is 5. The smallest absolute Gasteiger partial charge is 0.399 e. The van der Waals surface area contributed by atoms with Gasteiger partial charge in [0.25, 0.3) is 5.82 Å². The predicted molar refractivity (Wildman–Crippen MR) is 112 cm³/mol. The molecule has 0 aliphatic heterocycles. The molecule has 0 aliphatic carbocycles. The molecule has 37 heavy (non-hydrogen) atoms. The number of halogens is 9. The van der Waals surface area contributed by atoms with Crippen LogP contribution < -0.4 is 5.73 Å². The molecule has 0 aliphatic rings. The van der Waals surface area contributed by atoms with Crippen LogP contribution in [0.2, 0.25) is 0 Å². The minimum atomic E-state index is -5.14. The number of hydrogen-bond acceptors (Lipinski definition) is 4. The third-order valence-corrected chi connectivity index (χ3v) is 5.27. The Morgan fingerprint density at radius 2 is 1.43 bits per heavy atom. The van der Waals surface area contributed by atoms with Crippen LogP contribution in [0.5, 0.6) is 0 Å². The SMILES string of the molecule is Cc1cc(Cn2cc(-n3cnc(C(F)(F)F)n3)c(-c3cc(C(F)(F)F)cc(C(F)(F)F)c3)n2)ccc1N. The van der Waals surface area contributed by atoms with Crippen molar-refractivity contribution < 1.29 is 39.5 Å². The van der Waals surface area contributed by atoms with E-state index in [0.717, 1.165) is 10.9 Å². The summed E-state index contributed by atoms with van der Waals surface area (Å²) in [5.41, 5.74) is 2.94. The van der Waals surface area contributed by atoms with Crippen molar-refractivity contribution in [3.63, 3.8) is 0 Å². The van der Waals surface area contributed by atoms with E-state index in [-0.39, 0.29) is 18.3 Å². The van der Waals surface area contributed by atoms with Gasteiger partial charge >= 0.3 is 18.5 Å². The molecular weight excluding hydrogens is 519 g/mol. The molecule has 15 heteroatoms. The maximum atomic E-state index is 13.4. The van der Waals surface area contributed by atoms with E-state index in [1.807, 2.05) is 0 Å². The standard InChI is InChI=1S/C22H15F9N6/c1-11-4-12(2-3-16(11)32)8-36-9-17(37-10-33-19(35-37)22(29,30)31)18(34-36)13-5-14(20(23,24)25)7-15(6-13)21(26,27)28/h2-7,9-10H,8,32H2,1H3. The van der Waals surface area contributed by atoms with Crippen molar-refractivity contribution in [3.8, 4) is 16.9 Å². The van der Waals surface area contributed by atoms with Gasteiger partial charge in [0, 0.05) is 11.3 Å². The summed E-state index contributed by atoms with van der Waals surface area (Å²) in [7, 11) is 0. The highest BCUT2D eigenvalue weighted by Crippen LogP contribution is 2.39. The minimum absolute atomic E-state index is 0.0277. The van der Waals surface area contributed by atoms with Gasteiger partial charge in [0.05, 0.1) is 23.9 Å². The lowest BCUT2D eigenvalue weighted by atomic mass is 10.0. The van der Waals surface area contributed by atoms with E-state index < -0.39 is 46.7 Å². The van der Waals surface area contributed by atoms with E-state index in [2.05, 4.69) is 15.2 Å². The van der Waals surface area contributed by atoms with Crippen molar-refractivity contribution in [2.24, 2.45) is 0 Å². The first-order chi connectivity index (χ1) is 17.0. The van der Waals surface area contributed by atoms with Crippen molar-refractivity contribution in [2.45, 2.75) is 32.0 Å². The number of nitrogens with two attached hydrogens (primary N) is 1. The molecule has 0 saturated carbocycles. The first-order valence-electron chi connectivity index (χ1n) is 10.2. The summed E-state index contributed by atoms with van der Waals surface area (Å²) in [5.74, 6) is -1.56. The third kappa shape index (κ3) is 5.54. The number of hydrogen-bond donors (Lipinski definition) is 1. The van der Waals surface area contributed by atoms with Gasteiger partial charge < -0.3 is 5.73 Å². The maximum absolute atomic E-state index is 13.4. The molecule has 2 aromatic carbocycles. The molecular formula is C22H15F9N6. The average Bonchev–Trinajstić information content (AvgIpc) is 3.42. The van der Waals surface area contributed by atoms with Crippen molar-refractivity contribution in [2.75, 3.05) is 5.73 Å². The molecule has 0 spiro atoms. The maximum Gasteiger partial charge on any atom is 0.453 e. The summed E-state index contributed by atoms with van der Waals surface area (Å²) in [6.07, 6.45) is -13.4. The van der Waals surface area contributed by atoms with Crippen molar-refractivity contribution in [1.82, 2.24) is 24.5 Å². The first-order valence-corrected chi connectivity index (χ1v) is 10.2. The second-order valence-electron chi connectivity index (χ2n) is 8.06. The van der Waals surface area contributed by atoms with Gasteiger partial charge in [-0.1, -0.05) is 12.1 Å². The van der Waals surface area contributed by atoms with Gasteiger partial charge in [-0.3, -0.25) is 4.68 Å². The van der Waals surface area contributed by atoms with Gasteiger partial charge in [-0.05, 0) is 42.3 Å². The van der Waals surface area contributed by atoms with Gasteiger partial charge in [-0.2, -0.15) is 44.6 Å². The molecule has 0 unspecified atom stereocenters. The second-order valence-corrected chi connectivity index (χ2v) is 8.06. The summed E-state index contributed by atoms with van der Waals surface area (Å²) < 4.78 is 121. The molecule has 4 aromatic rings. The van der Waals surface area contributed by atoms with Crippen LogP contribution in [0.25, 0.3) is 16.9 Å². The summed E-state index contributed by atoms with van der Waals surface area (Å²) in [4.78, 5) is 3.14. The Hall–Kier alpha value is -4.04. The lowest BCUT2D eigenvalue weighted by Gasteiger charge is -2.14. The van der Waals surface area contributed by atoms with Gasteiger partial charge in [0.1, 0.15) is 17.7 Å². The fraction of sp³-hybridized carbons (Fsp3) is 0.227. The van der Waals surface area contributed by atoms with Crippen LogP contribution in [0, 0.1) is 6.92 Å². The zero-order valence-corrected chi connectivity index (χ0v) is 18.5. The number of anilines is 1. The van der Waals surface area contributed by atoms with Crippen LogP contribution in [-0.2, 0) is 25.1 Å². The number of alkyl halides is 9. The Labute approximate surface area is 202 Å². The average molecular weight is 534 g/mol. The summed E-state index contributed by atoms with van der Waals surface area (Å²) >= 11 is 0. The van der Waals surface area contributed by atoms with Crippen LogP contribution in [0.1, 0.15) is 28.1 Å². The Bertz CT molecular complexity index is 1410. The van der Waals surface area contributed by atoms with Crippen molar-refractivity contribution >= 4 is 5.69 Å². The predicted octanol–water partition coefficient (Wildman–Crippen LogP) is 6.13. The number of benzene rings is 2.